The Morgan fingerprint density at radius 1 is 1.53 bits per heavy atom. The molecule has 15 heavy (non-hydrogen) atoms. The summed E-state index contributed by atoms with van der Waals surface area (Å²) in [4.78, 5) is 0. The highest BCUT2D eigenvalue weighted by atomic mass is 15.3. The average molecular weight is 207 g/mol. The summed E-state index contributed by atoms with van der Waals surface area (Å²) in [6, 6.07) is 0.539. The SMILES string of the molecule is CCCn1cc(/C=C/CNC(C)C)cn1. The van der Waals surface area contributed by atoms with E-state index in [2.05, 4.69) is 49.5 Å². The van der Waals surface area contributed by atoms with Crippen molar-refractivity contribution < 1.29 is 0 Å². The van der Waals surface area contributed by atoms with Gasteiger partial charge in [-0.25, -0.2) is 0 Å². The molecule has 0 saturated heterocycles. The summed E-state index contributed by atoms with van der Waals surface area (Å²) in [5.41, 5.74) is 1.18. The molecular formula is C12H21N3. The molecule has 1 heterocycles. The Balaban J connectivity index is 2.36. The van der Waals surface area contributed by atoms with Crippen molar-refractivity contribution in [3.05, 3.63) is 24.0 Å². The minimum Gasteiger partial charge on any atom is -0.311 e. The molecule has 0 spiro atoms. The Labute approximate surface area is 92.2 Å². The van der Waals surface area contributed by atoms with Gasteiger partial charge in [0.1, 0.15) is 0 Å². The maximum absolute atomic E-state index is 4.26. The van der Waals surface area contributed by atoms with E-state index in [1.54, 1.807) is 0 Å². The van der Waals surface area contributed by atoms with Gasteiger partial charge in [0.15, 0.2) is 0 Å². The van der Waals surface area contributed by atoms with Crippen molar-refractivity contribution in [1.82, 2.24) is 15.1 Å². The van der Waals surface area contributed by atoms with E-state index in [-0.39, 0.29) is 0 Å². The van der Waals surface area contributed by atoms with Crippen molar-refractivity contribution in [3.63, 3.8) is 0 Å². The molecule has 0 fully saturated rings. The molecule has 0 bridgehead atoms. The summed E-state index contributed by atoms with van der Waals surface area (Å²) in [5, 5.41) is 7.60. The summed E-state index contributed by atoms with van der Waals surface area (Å²) in [7, 11) is 0. The second-order valence-corrected chi connectivity index (χ2v) is 4.00. The lowest BCUT2D eigenvalue weighted by Gasteiger charge is -2.02. The molecule has 84 valence electrons. The van der Waals surface area contributed by atoms with Crippen molar-refractivity contribution >= 4 is 6.08 Å². The standard InChI is InChI=1S/C12H21N3/c1-4-8-15-10-12(9-14-15)6-5-7-13-11(2)3/h5-6,9-11,13H,4,7-8H2,1-3H3/b6-5+. The maximum atomic E-state index is 4.26. The molecule has 3 nitrogen and oxygen atoms in total. The predicted molar refractivity (Wildman–Crippen MR) is 64.7 cm³/mol. The van der Waals surface area contributed by atoms with Crippen LogP contribution in [0.3, 0.4) is 0 Å². The molecule has 0 saturated carbocycles. The fraction of sp³-hybridized carbons (Fsp3) is 0.583. The molecule has 1 aromatic rings. The normalized spacial score (nSPS) is 11.7. The lowest BCUT2D eigenvalue weighted by Crippen LogP contribution is -2.22. The second-order valence-electron chi connectivity index (χ2n) is 4.00. The molecule has 1 rings (SSSR count). The third-order valence-electron chi connectivity index (χ3n) is 2.06. The van der Waals surface area contributed by atoms with Gasteiger partial charge in [-0.15, -0.1) is 0 Å². The molecule has 0 amide bonds. The Bertz CT molecular complexity index is 300. The van der Waals surface area contributed by atoms with Gasteiger partial charge in [-0.2, -0.15) is 5.10 Å². The highest BCUT2D eigenvalue weighted by Gasteiger charge is 1.93. The largest absolute Gasteiger partial charge is 0.311 e. The number of rotatable bonds is 6. The first-order valence-corrected chi connectivity index (χ1v) is 5.64. The minimum atomic E-state index is 0.539. The van der Waals surface area contributed by atoms with Gasteiger partial charge in [0, 0.05) is 30.9 Å². The van der Waals surface area contributed by atoms with E-state index in [1.165, 1.54) is 5.56 Å². The van der Waals surface area contributed by atoms with E-state index in [4.69, 9.17) is 0 Å². The lowest BCUT2D eigenvalue weighted by molar-refractivity contribution is 0.602. The van der Waals surface area contributed by atoms with Crippen LogP contribution in [0.2, 0.25) is 0 Å². The first kappa shape index (κ1) is 12.0. The van der Waals surface area contributed by atoms with Gasteiger partial charge in [0.2, 0.25) is 0 Å². The minimum absolute atomic E-state index is 0.539. The zero-order valence-corrected chi connectivity index (χ0v) is 9.90. The molecule has 3 heteroatoms. The number of nitrogens with one attached hydrogen (secondary N) is 1. The predicted octanol–water partition coefficient (Wildman–Crippen LogP) is 2.30. The first-order chi connectivity index (χ1) is 7.22. The topological polar surface area (TPSA) is 29.9 Å². The van der Waals surface area contributed by atoms with Crippen molar-refractivity contribution in [2.24, 2.45) is 0 Å². The van der Waals surface area contributed by atoms with Crippen LogP contribution >= 0.6 is 0 Å². The molecule has 1 aromatic heterocycles. The van der Waals surface area contributed by atoms with Crippen LogP contribution in [0.5, 0.6) is 0 Å². The Morgan fingerprint density at radius 2 is 2.33 bits per heavy atom. The van der Waals surface area contributed by atoms with E-state index >= 15 is 0 Å². The van der Waals surface area contributed by atoms with Gasteiger partial charge in [0.05, 0.1) is 6.20 Å². The smallest absolute Gasteiger partial charge is 0.0562 e. The zero-order valence-electron chi connectivity index (χ0n) is 9.90. The van der Waals surface area contributed by atoms with E-state index < -0.39 is 0 Å². The van der Waals surface area contributed by atoms with Crippen molar-refractivity contribution in [3.8, 4) is 0 Å². The van der Waals surface area contributed by atoms with Crippen molar-refractivity contribution in [2.45, 2.75) is 39.8 Å². The van der Waals surface area contributed by atoms with Gasteiger partial charge in [-0.05, 0) is 6.42 Å². The van der Waals surface area contributed by atoms with Crippen molar-refractivity contribution in [2.75, 3.05) is 6.54 Å². The van der Waals surface area contributed by atoms with Gasteiger partial charge in [-0.1, -0.05) is 32.9 Å². The summed E-state index contributed by atoms with van der Waals surface area (Å²) >= 11 is 0. The fourth-order valence-corrected chi connectivity index (χ4v) is 1.32. The second kappa shape index (κ2) is 6.40. The van der Waals surface area contributed by atoms with Gasteiger partial charge in [-0.3, -0.25) is 4.68 Å². The van der Waals surface area contributed by atoms with Gasteiger partial charge >= 0.3 is 0 Å². The van der Waals surface area contributed by atoms with E-state index in [0.29, 0.717) is 6.04 Å². The Hall–Kier alpha value is -1.09. The number of nitrogens with zero attached hydrogens (tertiary/aromatic N) is 2. The number of aromatic nitrogens is 2. The van der Waals surface area contributed by atoms with Crippen LogP contribution in [-0.2, 0) is 6.54 Å². The van der Waals surface area contributed by atoms with Crippen LogP contribution in [-0.4, -0.2) is 22.4 Å². The first-order valence-electron chi connectivity index (χ1n) is 5.64. The third kappa shape index (κ3) is 4.79. The van der Waals surface area contributed by atoms with Gasteiger partial charge in [0.25, 0.3) is 0 Å². The lowest BCUT2D eigenvalue weighted by atomic mass is 10.3. The molecule has 0 unspecified atom stereocenters. The molecule has 1 N–H and O–H groups in total. The molecule has 0 aliphatic carbocycles. The monoisotopic (exact) mass is 207 g/mol. The van der Waals surface area contributed by atoms with Crippen LogP contribution < -0.4 is 5.32 Å². The summed E-state index contributed by atoms with van der Waals surface area (Å²) in [6.07, 6.45) is 9.35. The van der Waals surface area contributed by atoms with E-state index in [0.717, 1.165) is 19.5 Å². The van der Waals surface area contributed by atoms with Crippen LogP contribution in [0.1, 0.15) is 32.8 Å². The zero-order chi connectivity index (χ0) is 11.1. The molecular weight excluding hydrogens is 186 g/mol. The average Bonchev–Trinajstić information content (AvgIpc) is 2.61. The summed E-state index contributed by atoms with van der Waals surface area (Å²) < 4.78 is 1.98. The Morgan fingerprint density at radius 3 is 3.00 bits per heavy atom. The quantitative estimate of drug-likeness (QED) is 0.775. The molecule has 0 aliphatic rings. The maximum Gasteiger partial charge on any atom is 0.0562 e. The summed E-state index contributed by atoms with van der Waals surface area (Å²) in [5.74, 6) is 0. The highest BCUT2D eigenvalue weighted by molar-refractivity contribution is 5.46. The molecule has 0 aromatic carbocycles. The van der Waals surface area contributed by atoms with Gasteiger partial charge < -0.3 is 5.32 Å². The van der Waals surface area contributed by atoms with E-state index in [9.17, 15) is 0 Å². The fourth-order valence-electron chi connectivity index (χ4n) is 1.32. The number of hydrogen-bond acceptors (Lipinski definition) is 2. The highest BCUT2D eigenvalue weighted by Crippen LogP contribution is 2.00. The molecule has 0 aliphatic heterocycles. The van der Waals surface area contributed by atoms with Crippen LogP contribution in [0.25, 0.3) is 6.08 Å². The number of aryl methyl sites for hydroxylation is 1. The van der Waals surface area contributed by atoms with Crippen molar-refractivity contribution in [1.29, 1.82) is 0 Å². The van der Waals surface area contributed by atoms with Crippen LogP contribution in [0.4, 0.5) is 0 Å². The Kier molecular flexibility index (Phi) is 5.12. The summed E-state index contributed by atoms with van der Waals surface area (Å²) in [6.45, 7) is 8.36. The molecule has 0 radical (unpaired) electrons. The van der Waals surface area contributed by atoms with Crippen LogP contribution in [0.15, 0.2) is 18.5 Å². The molecule has 0 atom stereocenters. The van der Waals surface area contributed by atoms with Crippen LogP contribution in [0, 0.1) is 0 Å². The number of hydrogen-bond donors (Lipinski definition) is 1. The van der Waals surface area contributed by atoms with E-state index in [1.807, 2.05) is 10.9 Å². The third-order valence-corrected chi connectivity index (χ3v) is 2.06.